The molecule has 1 heterocycles. The summed E-state index contributed by atoms with van der Waals surface area (Å²) in [5, 5.41) is 12.1. The molecule has 1 aliphatic rings. The molecule has 1 saturated carbocycles. The van der Waals surface area contributed by atoms with E-state index in [1.165, 1.54) is 0 Å². The molecule has 26 heavy (non-hydrogen) atoms. The van der Waals surface area contributed by atoms with Crippen molar-refractivity contribution < 1.29 is 29.0 Å². The number of thiophene rings is 1. The number of hydrogen-bond donors (Lipinski definition) is 3. The van der Waals surface area contributed by atoms with E-state index in [9.17, 15) is 24.3 Å². The van der Waals surface area contributed by atoms with E-state index in [4.69, 9.17) is 10.5 Å². The third-order valence-electron chi connectivity index (χ3n) is 4.51. The van der Waals surface area contributed by atoms with Gasteiger partial charge in [0.15, 0.2) is 0 Å². The van der Waals surface area contributed by atoms with E-state index in [1.54, 1.807) is 13.8 Å². The standard InChI is InChI=1S/C17H22N2O6S/c1-3-25-17(24)11-8(2)12(13(18)20)26-15(11)19-14(21)9-6-4-5-7-10(9)16(22)23/h9-10H,3-7H2,1-2H3,(H2,18,20)(H,19,21)(H,22,23)/t9-,10+/m1/s1. The fourth-order valence-corrected chi connectivity index (χ4v) is 4.28. The van der Waals surface area contributed by atoms with Crippen molar-refractivity contribution in [2.24, 2.45) is 17.6 Å². The van der Waals surface area contributed by atoms with Crippen LogP contribution in [0.25, 0.3) is 0 Å². The Morgan fingerprint density at radius 2 is 1.85 bits per heavy atom. The minimum Gasteiger partial charge on any atom is -0.481 e. The Balaban J connectivity index is 2.33. The summed E-state index contributed by atoms with van der Waals surface area (Å²) >= 11 is 0.896. The number of amides is 2. The molecular weight excluding hydrogens is 360 g/mol. The first-order valence-corrected chi connectivity index (χ1v) is 9.23. The van der Waals surface area contributed by atoms with Crippen LogP contribution in [0.1, 0.15) is 58.2 Å². The molecule has 9 heteroatoms. The van der Waals surface area contributed by atoms with Crippen LogP contribution in [-0.4, -0.2) is 35.5 Å². The average Bonchev–Trinajstić information content (AvgIpc) is 2.91. The second-order valence-corrected chi connectivity index (χ2v) is 7.19. The van der Waals surface area contributed by atoms with Crippen LogP contribution in [0.4, 0.5) is 5.00 Å². The summed E-state index contributed by atoms with van der Waals surface area (Å²) in [4.78, 5) is 48.1. The van der Waals surface area contributed by atoms with E-state index < -0.39 is 35.6 Å². The number of anilines is 1. The van der Waals surface area contributed by atoms with Gasteiger partial charge in [-0.3, -0.25) is 14.4 Å². The van der Waals surface area contributed by atoms with Crippen LogP contribution < -0.4 is 11.1 Å². The highest BCUT2D eigenvalue weighted by Gasteiger charge is 2.37. The Bertz CT molecular complexity index is 742. The van der Waals surface area contributed by atoms with Gasteiger partial charge in [-0.2, -0.15) is 0 Å². The highest BCUT2D eigenvalue weighted by atomic mass is 32.1. The molecule has 0 spiro atoms. The molecule has 0 aliphatic heterocycles. The van der Waals surface area contributed by atoms with E-state index in [1.807, 2.05) is 0 Å². The topological polar surface area (TPSA) is 136 Å². The molecular formula is C17H22N2O6S. The zero-order chi connectivity index (χ0) is 19.4. The monoisotopic (exact) mass is 382 g/mol. The van der Waals surface area contributed by atoms with Crippen LogP contribution in [0.3, 0.4) is 0 Å². The van der Waals surface area contributed by atoms with Crippen LogP contribution in [0.2, 0.25) is 0 Å². The van der Waals surface area contributed by atoms with E-state index >= 15 is 0 Å². The fraction of sp³-hybridized carbons (Fsp3) is 0.529. The predicted molar refractivity (Wildman–Crippen MR) is 95.2 cm³/mol. The van der Waals surface area contributed by atoms with Crippen molar-refractivity contribution in [3.63, 3.8) is 0 Å². The van der Waals surface area contributed by atoms with Crippen LogP contribution >= 0.6 is 11.3 Å². The summed E-state index contributed by atoms with van der Waals surface area (Å²) in [5.74, 6) is -4.29. The Labute approximate surface area is 154 Å². The number of esters is 1. The lowest BCUT2D eigenvalue weighted by Crippen LogP contribution is -2.36. The number of nitrogens with two attached hydrogens (primary N) is 1. The maximum Gasteiger partial charge on any atom is 0.341 e. The molecule has 0 saturated heterocycles. The maximum absolute atomic E-state index is 12.7. The number of primary amides is 1. The van der Waals surface area contributed by atoms with Gasteiger partial charge in [0, 0.05) is 0 Å². The fourth-order valence-electron chi connectivity index (χ4n) is 3.23. The van der Waals surface area contributed by atoms with Crippen molar-refractivity contribution in [2.75, 3.05) is 11.9 Å². The lowest BCUT2D eigenvalue weighted by molar-refractivity contribution is -0.147. The van der Waals surface area contributed by atoms with Gasteiger partial charge in [0.25, 0.3) is 5.91 Å². The number of carboxylic acids is 1. The molecule has 0 bridgehead atoms. The third kappa shape index (κ3) is 4.04. The number of carbonyl (C=O) groups is 4. The van der Waals surface area contributed by atoms with Crippen molar-refractivity contribution in [3.05, 3.63) is 16.0 Å². The van der Waals surface area contributed by atoms with Crippen LogP contribution in [0, 0.1) is 18.8 Å². The predicted octanol–water partition coefficient (Wildman–Crippen LogP) is 2.16. The van der Waals surface area contributed by atoms with Gasteiger partial charge in [-0.25, -0.2) is 4.79 Å². The maximum atomic E-state index is 12.7. The highest BCUT2D eigenvalue weighted by molar-refractivity contribution is 7.18. The second-order valence-electron chi connectivity index (χ2n) is 6.17. The molecule has 142 valence electrons. The average molecular weight is 382 g/mol. The number of hydrogen-bond acceptors (Lipinski definition) is 6. The molecule has 2 rings (SSSR count). The quantitative estimate of drug-likeness (QED) is 0.645. The Morgan fingerprint density at radius 1 is 1.23 bits per heavy atom. The lowest BCUT2D eigenvalue weighted by Gasteiger charge is -2.27. The Hall–Kier alpha value is -2.42. The van der Waals surface area contributed by atoms with E-state index in [2.05, 4.69) is 5.32 Å². The molecule has 0 aromatic carbocycles. The highest BCUT2D eigenvalue weighted by Crippen LogP contribution is 2.36. The summed E-state index contributed by atoms with van der Waals surface area (Å²) < 4.78 is 5.00. The zero-order valence-corrected chi connectivity index (χ0v) is 15.5. The molecule has 1 aromatic heterocycles. The first-order chi connectivity index (χ1) is 12.3. The largest absolute Gasteiger partial charge is 0.481 e. The number of rotatable bonds is 6. The van der Waals surface area contributed by atoms with Crippen LogP contribution in [0.5, 0.6) is 0 Å². The molecule has 0 radical (unpaired) electrons. The van der Waals surface area contributed by atoms with E-state index in [-0.39, 0.29) is 22.0 Å². The lowest BCUT2D eigenvalue weighted by atomic mass is 9.79. The van der Waals surface area contributed by atoms with Crippen LogP contribution in [-0.2, 0) is 14.3 Å². The summed E-state index contributed by atoms with van der Waals surface area (Å²) in [6.07, 6.45) is 2.43. The number of carboxylic acid groups (broad SMARTS) is 1. The van der Waals surface area contributed by atoms with Gasteiger partial charge in [0.05, 0.1) is 28.9 Å². The molecule has 0 unspecified atom stereocenters. The first kappa shape index (κ1) is 19.9. The summed E-state index contributed by atoms with van der Waals surface area (Å²) in [7, 11) is 0. The molecule has 2 amide bonds. The molecule has 2 atom stereocenters. The Morgan fingerprint density at radius 3 is 2.38 bits per heavy atom. The number of nitrogens with one attached hydrogen (secondary N) is 1. The van der Waals surface area contributed by atoms with Crippen LogP contribution in [0.15, 0.2) is 0 Å². The van der Waals surface area contributed by atoms with Gasteiger partial charge in [-0.15, -0.1) is 11.3 Å². The van der Waals surface area contributed by atoms with Gasteiger partial charge >= 0.3 is 11.9 Å². The van der Waals surface area contributed by atoms with E-state index in [0.717, 1.165) is 24.2 Å². The first-order valence-electron chi connectivity index (χ1n) is 8.41. The molecule has 8 nitrogen and oxygen atoms in total. The SMILES string of the molecule is CCOC(=O)c1c(NC(=O)[C@@H]2CCCC[C@@H]2C(=O)O)sc(C(N)=O)c1C. The van der Waals surface area contributed by atoms with E-state index in [0.29, 0.717) is 18.4 Å². The number of ether oxygens (including phenoxy) is 1. The molecule has 1 aromatic rings. The summed E-state index contributed by atoms with van der Waals surface area (Å²) in [5.41, 5.74) is 5.76. The smallest absolute Gasteiger partial charge is 0.341 e. The Kier molecular flexibility index (Phi) is 6.36. The third-order valence-corrected chi connectivity index (χ3v) is 5.73. The minimum absolute atomic E-state index is 0.0849. The second kappa shape index (κ2) is 8.31. The molecule has 4 N–H and O–H groups in total. The van der Waals surface area contributed by atoms with Gasteiger partial charge in [-0.1, -0.05) is 12.8 Å². The van der Waals surface area contributed by atoms with Crippen molar-refractivity contribution in [3.8, 4) is 0 Å². The number of carbonyl (C=O) groups excluding carboxylic acids is 3. The summed E-state index contributed by atoms with van der Waals surface area (Å²) in [6.45, 7) is 3.34. The molecule has 1 aliphatic carbocycles. The van der Waals surface area contributed by atoms with Crippen molar-refractivity contribution in [1.82, 2.24) is 0 Å². The van der Waals surface area contributed by atoms with Gasteiger partial charge < -0.3 is 20.9 Å². The normalized spacial score (nSPS) is 19.6. The minimum atomic E-state index is -1.00. The van der Waals surface area contributed by atoms with Gasteiger partial charge in [0.2, 0.25) is 5.91 Å². The van der Waals surface area contributed by atoms with Gasteiger partial charge in [0.1, 0.15) is 5.00 Å². The van der Waals surface area contributed by atoms with Crippen molar-refractivity contribution in [1.29, 1.82) is 0 Å². The van der Waals surface area contributed by atoms with Gasteiger partial charge in [-0.05, 0) is 32.3 Å². The number of aliphatic carboxylic acids is 1. The van der Waals surface area contributed by atoms with Crippen molar-refractivity contribution in [2.45, 2.75) is 39.5 Å². The molecule has 1 fully saturated rings. The summed E-state index contributed by atoms with van der Waals surface area (Å²) in [6, 6.07) is 0. The van der Waals surface area contributed by atoms with Crippen molar-refractivity contribution >= 4 is 40.1 Å². The zero-order valence-electron chi connectivity index (χ0n) is 14.7.